The number of halogens is 2. The fourth-order valence-corrected chi connectivity index (χ4v) is 3.95. The molecule has 1 atom stereocenters. The van der Waals surface area contributed by atoms with Gasteiger partial charge in [0.25, 0.3) is 0 Å². The summed E-state index contributed by atoms with van der Waals surface area (Å²) in [5, 5.41) is 4.35. The molecular formula is C20H19ClIN3O5. The summed E-state index contributed by atoms with van der Waals surface area (Å²) in [5.41, 5.74) is 3.99. The van der Waals surface area contributed by atoms with Gasteiger partial charge in [-0.3, -0.25) is 14.6 Å². The van der Waals surface area contributed by atoms with Gasteiger partial charge >= 0.3 is 5.91 Å². The third-order valence-electron chi connectivity index (χ3n) is 4.39. The van der Waals surface area contributed by atoms with Crippen LogP contribution in [-0.4, -0.2) is 36.0 Å². The molecule has 1 aliphatic rings. The van der Waals surface area contributed by atoms with E-state index in [0.717, 1.165) is 3.57 Å². The zero-order chi connectivity index (χ0) is 21.3. The lowest BCUT2D eigenvalue weighted by molar-refractivity contribution is -0.147. The lowest BCUT2D eigenvalue weighted by atomic mass is 10.2. The summed E-state index contributed by atoms with van der Waals surface area (Å²) in [6.45, 7) is 4.17. The summed E-state index contributed by atoms with van der Waals surface area (Å²) in [6.07, 6.45) is 2.93. The number of fused-ring (bicyclic) bond motifs is 1. The van der Waals surface area contributed by atoms with Crippen molar-refractivity contribution in [1.82, 2.24) is 10.5 Å². The number of pyridine rings is 1. The van der Waals surface area contributed by atoms with Gasteiger partial charge in [0.05, 0.1) is 22.7 Å². The Bertz CT molecular complexity index is 1090. The van der Waals surface area contributed by atoms with Crippen LogP contribution in [0, 0.1) is 3.57 Å². The van der Waals surface area contributed by atoms with Crippen LogP contribution >= 0.6 is 34.2 Å². The van der Waals surface area contributed by atoms with Crippen molar-refractivity contribution in [3.63, 3.8) is 0 Å². The number of rotatable bonds is 6. The number of furan rings is 1. The number of carbonyl (C=O) groups is 1. The van der Waals surface area contributed by atoms with E-state index >= 15 is 0 Å². The number of ether oxygens (including phenoxy) is 2. The summed E-state index contributed by atoms with van der Waals surface area (Å²) in [5.74, 6) is -1.15. The quantitative estimate of drug-likeness (QED) is 0.345. The first-order chi connectivity index (χ1) is 14.3. The molecule has 0 radical (unpaired) electrons. The van der Waals surface area contributed by atoms with Crippen LogP contribution in [0.15, 0.2) is 41.1 Å². The highest BCUT2D eigenvalue weighted by Crippen LogP contribution is 2.35. The number of nitrogens with zero attached hydrogens (tertiary/aromatic N) is 1. The third-order valence-corrected chi connectivity index (χ3v) is 5.37. The van der Waals surface area contributed by atoms with Crippen LogP contribution in [0.3, 0.4) is 0 Å². The summed E-state index contributed by atoms with van der Waals surface area (Å²) in [7, 11) is 0. The Morgan fingerprint density at radius 1 is 1.40 bits per heavy atom. The molecule has 2 aromatic heterocycles. The lowest BCUT2D eigenvalue weighted by Gasteiger charge is -2.17. The summed E-state index contributed by atoms with van der Waals surface area (Å²) in [6, 6.07) is 7.23. The molecule has 1 saturated heterocycles. The van der Waals surface area contributed by atoms with Crippen LogP contribution in [-0.2, 0) is 14.3 Å². The maximum Gasteiger partial charge on any atom is 0.312 e. The molecule has 0 aliphatic carbocycles. The molecule has 3 heterocycles. The Morgan fingerprint density at radius 2 is 2.23 bits per heavy atom. The molecule has 1 aliphatic heterocycles. The molecule has 0 unspecified atom stereocenters. The smallest absolute Gasteiger partial charge is 0.312 e. The van der Waals surface area contributed by atoms with E-state index in [2.05, 4.69) is 38.4 Å². The topological polar surface area (TPSA) is 94.9 Å². The Labute approximate surface area is 191 Å². The predicted octanol–water partition coefficient (Wildman–Crippen LogP) is 4.64. The van der Waals surface area contributed by atoms with Crippen LogP contribution < -0.4 is 10.8 Å². The molecule has 0 saturated carbocycles. The van der Waals surface area contributed by atoms with Gasteiger partial charge in [-0.25, -0.2) is 5.48 Å². The van der Waals surface area contributed by atoms with Gasteiger partial charge in [-0.15, -0.1) is 0 Å². The molecule has 0 spiro atoms. The zero-order valence-electron chi connectivity index (χ0n) is 16.2. The average molecular weight is 544 g/mol. The number of amides is 1. The van der Waals surface area contributed by atoms with E-state index in [1.165, 1.54) is 0 Å². The largest absolute Gasteiger partial charge is 0.448 e. The minimum absolute atomic E-state index is 0.0523. The van der Waals surface area contributed by atoms with Crippen LogP contribution in [0.2, 0.25) is 5.02 Å². The van der Waals surface area contributed by atoms with Crippen molar-refractivity contribution >= 4 is 62.4 Å². The maximum atomic E-state index is 12.8. The Morgan fingerprint density at radius 3 is 2.97 bits per heavy atom. The molecule has 30 heavy (non-hydrogen) atoms. The van der Waals surface area contributed by atoms with Gasteiger partial charge in [0, 0.05) is 16.0 Å². The highest BCUT2D eigenvalue weighted by Gasteiger charge is 2.33. The van der Waals surface area contributed by atoms with Gasteiger partial charge in [-0.1, -0.05) is 11.6 Å². The number of benzene rings is 1. The number of hydrogen-bond acceptors (Lipinski definition) is 7. The van der Waals surface area contributed by atoms with Gasteiger partial charge in [0.1, 0.15) is 24.0 Å². The van der Waals surface area contributed by atoms with Crippen molar-refractivity contribution in [2.24, 2.45) is 0 Å². The van der Waals surface area contributed by atoms with Gasteiger partial charge in [-0.05, 0) is 60.7 Å². The van der Waals surface area contributed by atoms with E-state index in [1.807, 2.05) is 32.0 Å². The number of nitrogens with one attached hydrogen (secondary N) is 2. The number of aromatic nitrogens is 1. The van der Waals surface area contributed by atoms with E-state index in [9.17, 15) is 4.79 Å². The predicted molar refractivity (Wildman–Crippen MR) is 120 cm³/mol. The van der Waals surface area contributed by atoms with Crippen LogP contribution in [0.4, 0.5) is 11.4 Å². The second kappa shape index (κ2) is 8.67. The normalized spacial score (nSPS) is 17.9. The highest BCUT2D eigenvalue weighted by atomic mass is 127. The van der Waals surface area contributed by atoms with Crippen molar-refractivity contribution < 1.29 is 23.5 Å². The fraction of sp³-hybridized carbons (Fsp3) is 0.300. The molecule has 1 fully saturated rings. The van der Waals surface area contributed by atoms with Crippen molar-refractivity contribution in [2.75, 3.05) is 18.5 Å². The first-order valence-electron chi connectivity index (χ1n) is 9.15. The minimum Gasteiger partial charge on any atom is -0.448 e. The number of carbonyl (C=O) groups excluding carboxylic acids is 1. The number of hydrogen-bond donors (Lipinski definition) is 2. The average Bonchev–Trinajstić information content (AvgIpc) is 3.24. The van der Waals surface area contributed by atoms with Crippen molar-refractivity contribution in [3.8, 4) is 0 Å². The second-order valence-electron chi connectivity index (χ2n) is 7.12. The summed E-state index contributed by atoms with van der Waals surface area (Å²) >= 11 is 8.52. The molecule has 2 N–H and O–H groups in total. The van der Waals surface area contributed by atoms with E-state index in [4.69, 9.17) is 30.3 Å². The Balaban J connectivity index is 1.53. The summed E-state index contributed by atoms with van der Waals surface area (Å²) in [4.78, 5) is 22.2. The van der Waals surface area contributed by atoms with Gasteiger partial charge < -0.3 is 19.2 Å². The Hall–Kier alpha value is -1.92. The minimum atomic E-state index is -0.659. The SMILES string of the molecule is CC1(C)OC[C@H](CONC(=O)c2oc3ccncc3c2Nc2ccc(I)cc2Cl)O1. The first kappa shape index (κ1) is 21.3. The molecular weight excluding hydrogens is 525 g/mol. The van der Waals surface area contributed by atoms with E-state index in [1.54, 1.807) is 18.5 Å². The van der Waals surface area contributed by atoms with E-state index < -0.39 is 11.7 Å². The highest BCUT2D eigenvalue weighted by molar-refractivity contribution is 14.1. The van der Waals surface area contributed by atoms with E-state index in [-0.39, 0.29) is 18.5 Å². The molecule has 158 valence electrons. The number of anilines is 2. The monoisotopic (exact) mass is 543 g/mol. The Kier molecular flexibility index (Phi) is 6.16. The molecule has 0 bridgehead atoms. The van der Waals surface area contributed by atoms with Gasteiger partial charge in [0.2, 0.25) is 5.76 Å². The molecule has 1 aromatic carbocycles. The molecule has 4 rings (SSSR count). The molecule has 10 heteroatoms. The molecule has 1 amide bonds. The van der Waals surface area contributed by atoms with Crippen molar-refractivity contribution in [3.05, 3.63) is 51.0 Å². The summed E-state index contributed by atoms with van der Waals surface area (Å²) < 4.78 is 17.9. The maximum absolute atomic E-state index is 12.8. The third kappa shape index (κ3) is 4.70. The van der Waals surface area contributed by atoms with Crippen LogP contribution in [0.1, 0.15) is 24.4 Å². The van der Waals surface area contributed by atoms with Crippen molar-refractivity contribution in [1.29, 1.82) is 0 Å². The van der Waals surface area contributed by atoms with E-state index in [0.29, 0.717) is 34.0 Å². The van der Waals surface area contributed by atoms with Crippen LogP contribution in [0.5, 0.6) is 0 Å². The standard InChI is InChI=1S/C20H19ClIN3O5/c1-20(2)27-9-12(30-20)10-28-25-19(26)18-17(13-8-23-6-5-16(13)29-18)24-15-4-3-11(22)7-14(15)21/h3-8,12,24H,9-10H2,1-2H3,(H,25,26)/t12-/m1/s1. The van der Waals surface area contributed by atoms with Crippen molar-refractivity contribution in [2.45, 2.75) is 25.7 Å². The van der Waals surface area contributed by atoms with Gasteiger partial charge in [-0.2, -0.15) is 0 Å². The first-order valence-corrected chi connectivity index (χ1v) is 10.6. The fourth-order valence-electron chi connectivity index (χ4n) is 3.04. The zero-order valence-corrected chi connectivity index (χ0v) is 19.1. The van der Waals surface area contributed by atoms with Crippen LogP contribution in [0.25, 0.3) is 11.0 Å². The molecule has 3 aromatic rings. The number of hydroxylamine groups is 1. The molecule has 8 nitrogen and oxygen atoms in total. The van der Waals surface area contributed by atoms with Gasteiger partial charge in [0.15, 0.2) is 5.79 Å². The lowest BCUT2D eigenvalue weighted by Crippen LogP contribution is -2.30. The second-order valence-corrected chi connectivity index (χ2v) is 8.77.